The van der Waals surface area contributed by atoms with Crippen molar-refractivity contribution in [2.75, 3.05) is 18.1 Å². The van der Waals surface area contributed by atoms with Gasteiger partial charge >= 0.3 is 0 Å². The number of nitrogen functional groups attached to an aromatic ring is 1. The van der Waals surface area contributed by atoms with Crippen LogP contribution < -0.4 is 10.5 Å². The first kappa shape index (κ1) is 16.7. The van der Waals surface area contributed by atoms with Gasteiger partial charge in [-0.3, -0.25) is 0 Å². The van der Waals surface area contributed by atoms with Crippen molar-refractivity contribution < 1.29 is 4.74 Å². The van der Waals surface area contributed by atoms with E-state index in [1.807, 2.05) is 44.2 Å². The maximum atomic E-state index is 9.15. The Balaban J connectivity index is 2.01. The maximum absolute atomic E-state index is 9.15. The first-order chi connectivity index (χ1) is 11.1. The van der Waals surface area contributed by atoms with E-state index in [2.05, 4.69) is 4.98 Å². The monoisotopic (exact) mass is 324 g/mol. The Bertz CT molecular complexity index is 785. The lowest BCUT2D eigenvalue weighted by atomic mass is 10.1. The number of aromatic nitrogens is 1. The molecule has 0 amide bonds. The Kier molecular flexibility index (Phi) is 5.46. The predicted octanol–water partition coefficient (Wildman–Crippen LogP) is 3.20. The summed E-state index contributed by atoms with van der Waals surface area (Å²) in [7, 11) is 0. The Morgan fingerprint density at radius 3 is 2.43 bits per heavy atom. The highest BCUT2D eigenvalue weighted by Gasteiger charge is 2.10. The summed E-state index contributed by atoms with van der Waals surface area (Å²) in [6.45, 7) is 4.50. The van der Waals surface area contributed by atoms with E-state index in [1.54, 1.807) is 0 Å². The molecule has 0 bridgehead atoms. The summed E-state index contributed by atoms with van der Waals surface area (Å²) in [6, 6.07) is 11.4. The molecule has 0 aliphatic carbocycles. The summed E-state index contributed by atoms with van der Waals surface area (Å²) in [6.07, 6.45) is 0. The molecule has 0 atom stereocenters. The molecule has 0 aliphatic rings. The lowest BCUT2D eigenvalue weighted by molar-refractivity contribution is 0.339. The molecule has 2 N–H and O–H groups in total. The van der Waals surface area contributed by atoms with Crippen molar-refractivity contribution in [2.24, 2.45) is 0 Å². The van der Waals surface area contributed by atoms with E-state index in [0.717, 1.165) is 16.9 Å². The van der Waals surface area contributed by atoms with E-state index < -0.39 is 0 Å². The molecule has 0 spiro atoms. The van der Waals surface area contributed by atoms with Crippen LogP contribution in [0.1, 0.15) is 22.3 Å². The topological polar surface area (TPSA) is 95.7 Å². The van der Waals surface area contributed by atoms with Crippen LogP contribution in [-0.2, 0) is 0 Å². The fourth-order valence-corrected chi connectivity index (χ4v) is 2.88. The molecule has 6 heteroatoms. The van der Waals surface area contributed by atoms with Crippen molar-refractivity contribution in [1.29, 1.82) is 10.5 Å². The van der Waals surface area contributed by atoms with Crippen molar-refractivity contribution in [2.45, 2.75) is 18.9 Å². The van der Waals surface area contributed by atoms with Gasteiger partial charge in [-0.25, -0.2) is 4.98 Å². The fourth-order valence-electron chi connectivity index (χ4n) is 2.10. The number of nitrogens with zero attached hydrogens (tertiary/aromatic N) is 3. The quantitative estimate of drug-likeness (QED) is 0.670. The average molecular weight is 324 g/mol. The lowest BCUT2D eigenvalue weighted by Crippen LogP contribution is -2.04. The van der Waals surface area contributed by atoms with Gasteiger partial charge < -0.3 is 10.5 Å². The molecule has 0 unspecified atom stereocenters. The molecule has 2 rings (SSSR count). The van der Waals surface area contributed by atoms with E-state index in [9.17, 15) is 0 Å². The standard InChI is InChI=1S/C17H16N4OS/c1-11-4-3-5-12(2)15(11)22-6-7-23-17-14(10-19)8-13(9-18)16(20)21-17/h3-5,8H,6-7H2,1-2H3,(H2,20,21). The van der Waals surface area contributed by atoms with E-state index in [-0.39, 0.29) is 11.4 Å². The van der Waals surface area contributed by atoms with Crippen LogP contribution in [0.5, 0.6) is 5.75 Å². The molecule has 1 heterocycles. The predicted molar refractivity (Wildman–Crippen MR) is 90.2 cm³/mol. The normalized spacial score (nSPS) is 9.91. The number of para-hydroxylation sites is 1. The van der Waals surface area contributed by atoms with Crippen LogP contribution >= 0.6 is 11.8 Å². The van der Waals surface area contributed by atoms with Gasteiger partial charge in [0.2, 0.25) is 0 Å². The number of hydrogen-bond donors (Lipinski definition) is 1. The summed E-state index contributed by atoms with van der Waals surface area (Å²) in [5.41, 5.74) is 8.46. The van der Waals surface area contributed by atoms with Gasteiger partial charge in [-0.2, -0.15) is 10.5 Å². The average Bonchev–Trinajstić information content (AvgIpc) is 2.54. The molecule has 0 saturated heterocycles. The third-order valence-corrected chi connectivity index (χ3v) is 4.19. The molecule has 0 fully saturated rings. The van der Waals surface area contributed by atoms with Gasteiger partial charge in [-0.15, -0.1) is 11.8 Å². The van der Waals surface area contributed by atoms with Crippen molar-refractivity contribution in [1.82, 2.24) is 4.98 Å². The first-order valence-corrected chi connectivity index (χ1v) is 7.98. The van der Waals surface area contributed by atoms with E-state index in [0.29, 0.717) is 22.9 Å². The summed E-state index contributed by atoms with van der Waals surface area (Å²) in [5.74, 6) is 1.66. The van der Waals surface area contributed by atoms with Crippen LogP contribution in [-0.4, -0.2) is 17.3 Å². The molecule has 23 heavy (non-hydrogen) atoms. The Hall–Kier alpha value is -2.70. The molecular weight excluding hydrogens is 308 g/mol. The third-order valence-electron chi connectivity index (χ3n) is 3.24. The zero-order valence-corrected chi connectivity index (χ0v) is 13.8. The highest BCUT2D eigenvalue weighted by atomic mass is 32.2. The van der Waals surface area contributed by atoms with Gasteiger partial charge in [-0.05, 0) is 31.0 Å². The smallest absolute Gasteiger partial charge is 0.142 e. The number of nitriles is 2. The maximum Gasteiger partial charge on any atom is 0.142 e. The number of nitrogens with two attached hydrogens (primary N) is 1. The minimum atomic E-state index is 0.143. The zero-order chi connectivity index (χ0) is 16.8. The van der Waals surface area contributed by atoms with Gasteiger partial charge in [0.1, 0.15) is 28.7 Å². The minimum Gasteiger partial charge on any atom is -0.492 e. The number of pyridine rings is 1. The van der Waals surface area contributed by atoms with Gasteiger partial charge in [0, 0.05) is 5.75 Å². The molecule has 5 nitrogen and oxygen atoms in total. The van der Waals surface area contributed by atoms with Crippen molar-refractivity contribution in [3.05, 3.63) is 46.5 Å². The molecule has 116 valence electrons. The second-order valence-electron chi connectivity index (χ2n) is 4.92. The molecule has 0 radical (unpaired) electrons. The van der Waals surface area contributed by atoms with Crippen LogP contribution in [0.3, 0.4) is 0 Å². The fraction of sp³-hybridized carbons (Fsp3) is 0.235. The van der Waals surface area contributed by atoms with E-state index in [1.165, 1.54) is 17.8 Å². The number of ether oxygens (including phenoxy) is 1. The Labute approximate surface area is 139 Å². The van der Waals surface area contributed by atoms with Crippen molar-refractivity contribution >= 4 is 17.6 Å². The van der Waals surface area contributed by atoms with Crippen LogP contribution in [0.25, 0.3) is 0 Å². The van der Waals surface area contributed by atoms with Crippen LogP contribution in [0.15, 0.2) is 29.3 Å². The molecule has 2 aromatic rings. The molecule has 1 aromatic carbocycles. The third kappa shape index (κ3) is 3.94. The molecule has 1 aromatic heterocycles. The molecule has 0 aliphatic heterocycles. The largest absolute Gasteiger partial charge is 0.492 e. The summed E-state index contributed by atoms with van der Waals surface area (Å²) >= 11 is 1.39. The number of anilines is 1. The number of aryl methyl sites for hydroxylation is 2. The van der Waals surface area contributed by atoms with Gasteiger partial charge in [0.15, 0.2) is 0 Å². The zero-order valence-electron chi connectivity index (χ0n) is 13.0. The lowest BCUT2D eigenvalue weighted by Gasteiger charge is -2.12. The Morgan fingerprint density at radius 1 is 1.17 bits per heavy atom. The molecule has 0 saturated carbocycles. The summed E-state index contributed by atoms with van der Waals surface area (Å²) in [5, 5.41) is 18.6. The highest BCUT2D eigenvalue weighted by Crippen LogP contribution is 2.25. The van der Waals surface area contributed by atoms with Gasteiger partial charge in [0.05, 0.1) is 17.7 Å². The van der Waals surface area contributed by atoms with E-state index >= 15 is 0 Å². The second-order valence-corrected chi connectivity index (χ2v) is 6.00. The van der Waals surface area contributed by atoms with Crippen molar-refractivity contribution in [3.63, 3.8) is 0 Å². The van der Waals surface area contributed by atoms with Crippen LogP contribution in [0.2, 0.25) is 0 Å². The summed E-state index contributed by atoms with van der Waals surface area (Å²) < 4.78 is 5.82. The molecular formula is C17H16N4OS. The SMILES string of the molecule is Cc1cccc(C)c1OCCSc1nc(N)c(C#N)cc1C#N. The van der Waals surface area contributed by atoms with Crippen LogP contribution in [0.4, 0.5) is 5.82 Å². The number of rotatable bonds is 5. The number of benzene rings is 1. The van der Waals surface area contributed by atoms with Gasteiger partial charge in [-0.1, -0.05) is 18.2 Å². The van der Waals surface area contributed by atoms with Crippen molar-refractivity contribution in [3.8, 4) is 17.9 Å². The number of hydrogen-bond acceptors (Lipinski definition) is 6. The Morgan fingerprint density at radius 2 is 1.83 bits per heavy atom. The second kappa shape index (κ2) is 7.53. The van der Waals surface area contributed by atoms with Crippen LogP contribution in [0, 0.1) is 36.5 Å². The highest BCUT2D eigenvalue weighted by molar-refractivity contribution is 7.99. The summed E-state index contributed by atoms with van der Waals surface area (Å²) in [4.78, 5) is 4.13. The first-order valence-electron chi connectivity index (χ1n) is 6.99. The van der Waals surface area contributed by atoms with E-state index in [4.69, 9.17) is 21.0 Å². The number of thioether (sulfide) groups is 1. The minimum absolute atomic E-state index is 0.143. The van der Waals surface area contributed by atoms with Gasteiger partial charge in [0.25, 0.3) is 0 Å².